The van der Waals surface area contributed by atoms with Crippen LogP contribution < -0.4 is 5.32 Å². The molecular formula is C10H22N2O2S. The van der Waals surface area contributed by atoms with Gasteiger partial charge >= 0.3 is 0 Å². The maximum absolute atomic E-state index is 10.9. The average molecular weight is 234 g/mol. The van der Waals surface area contributed by atoms with E-state index in [1.54, 1.807) is 0 Å². The molecule has 0 aromatic heterocycles. The second-order valence-electron chi connectivity index (χ2n) is 4.60. The Morgan fingerprint density at radius 3 is 2.80 bits per heavy atom. The van der Waals surface area contributed by atoms with E-state index in [2.05, 4.69) is 17.3 Å². The quantitative estimate of drug-likeness (QED) is 0.678. The van der Waals surface area contributed by atoms with Gasteiger partial charge in [-0.25, -0.2) is 8.42 Å². The van der Waals surface area contributed by atoms with Crippen molar-refractivity contribution in [3.63, 3.8) is 0 Å². The van der Waals surface area contributed by atoms with Crippen LogP contribution in [-0.4, -0.2) is 58.6 Å². The summed E-state index contributed by atoms with van der Waals surface area (Å²) in [6, 6.07) is 0. The lowest BCUT2D eigenvalue weighted by atomic mass is 9.98. The summed E-state index contributed by atoms with van der Waals surface area (Å²) in [6.07, 6.45) is 3.80. The molecule has 4 nitrogen and oxygen atoms in total. The molecule has 1 N–H and O–H groups in total. The third kappa shape index (κ3) is 6.12. The van der Waals surface area contributed by atoms with Crippen LogP contribution >= 0.6 is 0 Å². The molecule has 0 amide bonds. The molecule has 0 radical (unpaired) electrons. The highest BCUT2D eigenvalue weighted by molar-refractivity contribution is 7.90. The predicted octanol–water partition coefficient (Wildman–Crippen LogP) is -0.0376. The van der Waals surface area contributed by atoms with Gasteiger partial charge in [-0.05, 0) is 38.9 Å². The maximum atomic E-state index is 10.9. The Labute approximate surface area is 93.0 Å². The van der Waals surface area contributed by atoms with Crippen LogP contribution in [0.25, 0.3) is 0 Å². The zero-order chi connectivity index (χ0) is 11.3. The van der Waals surface area contributed by atoms with Gasteiger partial charge in [0.1, 0.15) is 9.84 Å². The minimum Gasteiger partial charge on any atom is -0.315 e. The Morgan fingerprint density at radius 1 is 1.47 bits per heavy atom. The molecular weight excluding hydrogens is 212 g/mol. The molecule has 1 fully saturated rings. The van der Waals surface area contributed by atoms with Gasteiger partial charge in [0, 0.05) is 19.3 Å². The zero-order valence-electron chi connectivity index (χ0n) is 9.70. The third-order valence-corrected chi connectivity index (χ3v) is 3.75. The van der Waals surface area contributed by atoms with Gasteiger partial charge in [0.05, 0.1) is 5.75 Å². The summed E-state index contributed by atoms with van der Waals surface area (Å²) in [5.41, 5.74) is 0. The van der Waals surface area contributed by atoms with E-state index in [0.717, 1.165) is 13.1 Å². The van der Waals surface area contributed by atoms with Crippen molar-refractivity contribution in [2.45, 2.75) is 12.8 Å². The summed E-state index contributed by atoms with van der Waals surface area (Å²) in [6.45, 7) is 3.85. The summed E-state index contributed by atoms with van der Waals surface area (Å²) in [5.74, 6) is 0.929. The SMILES string of the molecule is CN1CCCC(CNCCS(C)(=O)=O)C1. The number of hydrogen-bond acceptors (Lipinski definition) is 4. The van der Waals surface area contributed by atoms with Gasteiger partial charge in [-0.3, -0.25) is 0 Å². The number of nitrogens with zero attached hydrogens (tertiary/aromatic N) is 1. The van der Waals surface area contributed by atoms with E-state index in [0.29, 0.717) is 12.5 Å². The van der Waals surface area contributed by atoms with Crippen molar-refractivity contribution < 1.29 is 8.42 Å². The molecule has 0 aromatic carbocycles. The zero-order valence-corrected chi connectivity index (χ0v) is 10.5. The fourth-order valence-electron chi connectivity index (χ4n) is 2.00. The van der Waals surface area contributed by atoms with Gasteiger partial charge in [-0.2, -0.15) is 0 Å². The standard InChI is InChI=1S/C10H22N2O2S/c1-12-6-3-4-10(9-12)8-11-5-7-15(2,13)14/h10-11H,3-9H2,1-2H3. The van der Waals surface area contributed by atoms with Gasteiger partial charge in [-0.1, -0.05) is 0 Å². The van der Waals surface area contributed by atoms with E-state index >= 15 is 0 Å². The summed E-state index contributed by atoms with van der Waals surface area (Å²) in [5, 5.41) is 3.23. The minimum absolute atomic E-state index is 0.246. The van der Waals surface area contributed by atoms with E-state index in [4.69, 9.17) is 0 Å². The number of piperidine rings is 1. The van der Waals surface area contributed by atoms with Crippen LogP contribution in [0.5, 0.6) is 0 Å². The molecule has 1 rings (SSSR count). The molecule has 1 unspecified atom stereocenters. The molecule has 15 heavy (non-hydrogen) atoms. The Kier molecular flexibility index (Phi) is 5.02. The van der Waals surface area contributed by atoms with Gasteiger partial charge in [0.15, 0.2) is 0 Å². The number of likely N-dealkylation sites (tertiary alicyclic amines) is 1. The van der Waals surface area contributed by atoms with E-state index in [1.807, 2.05) is 0 Å². The van der Waals surface area contributed by atoms with E-state index in [-0.39, 0.29) is 5.75 Å². The van der Waals surface area contributed by atoms with Crippen molar-refractivity contribution in [1.29, 1.82) is 0 Å². The van der Waals surface area contributed by atoms with Gasteiger partial charge in [0.25, 0.3) is 0 Å². The molecule has 5 heteroatoms. The second-order valence-corrected chi connectivity index (χ2v) is 6.86. The highest BCUT2D eigenvalue weighted by atomic mass is 32.2. The fourth-order valence-corrected chi connectivity index (χ4v) is 2.52. The monoisotopic (exact) mass is 234 g/mol. The van der Waals surface area contributed by atoms with Crippen molar-refractivity contribution >= 4 is 9.84 Å². The number of hydrogen-bond donors (Lipinski definition) is 1. The Hall–Kier alpha value is -0.130. The van der Waals surface area contributed by atoms with E-state index in [9.17, 15) is 8.42 Å². The predicted molar refractivity (Wildman–Crippen MR) is 62.8 cm³/mol. The van der Waals surface area contributed by atoms with Crippen LogP contribution in [0.2, 0.25) is 0 Å². The van der Waals surface area contributed by atoms with Crippen molar-refractivity contribution in [1.82, 2.24) is 10.2 Å². The van der Waals surface area contributed by atoms with Crippen molar-refractivity contribution in [3.05, 3.63) is 0 Å². The van der Waals surface area contributed by atoms with Gasteiger partial charge < -0.3 is 10.2 Å². The van der Waals surface area contributed by atoms with Crippen LogP contribution in [0.4, 0.5) is 0 Å². The first-order chi connectivity index (χ1) is 6.97. The lowest BCUT2D eigenvalue weighted by Crippen LogP contribution is -2.38. The first-order valence-electron chi connectivity index (χ1n) is 5.54. The second kappa shape index (κ2) is 5.82. The molecule has 0 saturated carbocycles. The van der Waals surface area contributed by atoms with Crippen LogP contribution in [0, 0.1) is 5.92 Å². The number of sulfone groups is 1. The molecule has 1 saturated heterocycles. The lowest BCUT2D eigenvalue weighted by molar-refractivity contribution is 0.207. The third-order valence-electron chi connectivity index (χ3n) is 2.80. The summed E-state index contributed by atoms with van der Waals surface area (Å²) >= 11 is 0. The average Bonchev–Trinajstić information content (AvgIpc) is 2.11. The molecule has 1 heterocycles. The number of nitrogens with one attached hydrogen (secondary N) is 1. The van der Waals surface area contributed by atoms with Crippen molar-refractivity contribution in [2.75, 3.05) is 45.2 Å². The minimum atomic E-state index is -2.81. The molecule has 1 aliphatic rings. The summed E-state index contributed by atoms with van der Waals surface area (Å²) < 4.78 is 21.8. The van der Waals surface area contributed by atoms with Crippen LogP contribution in [-0.2, 0) is 9.84 Å². The molecule has 1 atom stereocenters. The smallest absolute Gasteiger partial charge is 0.148 e. The maximum Gasteiger partial charge on any atom is 0.148 e. The highest BCUT2D eigenvalue weighted by Crippen LogP contribution is 2.13. The molecule has 0 bridgehead atoms. The van der Waals surface area contributed by atoms with Crippen LogP contribution in [0.15, 0.2) is 0 Å². The number of rotatable bonds is 5. The van der Waals surface area contributed by atoms with E-state index in [1.165, 1.54) is 25.6 Å². The van der Waals surface area contributed by atoms with Gasteiger partial charge in [-0.15, -0.1) is 0 Å². The molecule has 0 aliphatic carbocycles. The largest absolute Gasteiger partial charge is 0.315 e. The van der Waals surface area contributed by atoms with Crippen molar-refractivity contribution in [3.8, 4) is 0 Å². The van der Waals surface area contributed by atoms with Gasteiger partial charge in [0.2, 0.25) is 0 Å². The Bertz CT molecular complexity index is 277. The normalized spacial score (nSPS) is 24.3. The van der Waals surface area contributed by atoms with Crippen LogP contribution in [0.3, 0.4) is 0 Å². The Morgan fingerprint density at radius 2 is 2.20 bits per heavy atom. The first-order valence-corrected chi connectivity index (χ1v) is 7.60. The molecule has 0 aromatic rings. The Balaban J connectivity index is 2.09. The summed E-state index contributed by atoms with van der Waals surface area (Å²) in [7, 11) is -0.669. The van der Waals surface area contributed by atoms with Crippen molar-refractivity contribution in [2.24, 2.45) is 5.92 Å². The topological polar surface area (TPSA) is 49.4 Å². The highest BCUT2D eigenvalue weighted by Gasteiger charge is 2.16. The lowest BCUT2D eigenvalue weighted by Gasteiger charge is -2.29. The molecule has 0 spiro atoms. The van der Waals surface area contributed by atoms with Crippen LogP contribution in [0.1, 0.15) is 12.8 Å². The fraction of sp³-hybridized carbons (Fsp3) is 1.00. The molecule has 1 aliphatic heterocycles. The first kappa shape index (κ1) is 12.9. The molecule has 90 valence electrons. The summed E-state index contributed by atoms with van der Waals surface area (Å²) in [4.78, 5) is 2.34. The van der Waals surface area contributed by atoms with E-state index < -0.39 is 9.84 Å².